The molecule has 1 atom stereocenters. The topological polar surface area (TPSA) is 110 Å². The average Bonchev–Trinajstić information content (AvgIpc) is 3.30. The fourth-order valence-electron chi connectivity index (χ4n) is 3.28. The van der Waals surface area contributed by atoms with Gasteiger partial charge in [-0.3, -0.25) is 4.79 Å². The van der Waals surface area contributed by atoms with Crippen LogP contribution in [0.1, 0.15) is 12.8 Å². The van der Waals surface area contributed by atoms with Crippen molar-refractivity contribution in [1.29, 1.82) is 0 Å². The number of benzene rings is 1. The van der Waals surface area contributed by atoms with Crippen LogP contribution >= 0.6 is 11.3 Å². The molecule has 0 saturated carbocycles. The number of hydrogen-bond acceptors (Lipinski definition) is 7. The van der Waals surface area contributed by atoms with Crippen molar-refractivity contribution in [2.75, 3.05) is 18.1 Å². The summed E-state index contributed by atoms with van der Waals surface area (Å²) in [6.07, 6.45) is 2.19. The van der Waals surface area contributed by atoms with Crippen LogP contribution in [-0.2, 0) is 14.8 Å². The molecule has 1 aromatic carbocycles. The van der Waals surface area contributed by atoms with Crippen molar-refractivity contribution in [1.82, 2.24) is 9.29 Å². The van der Waals surface area contributed by atoms with Crippen molar-refractivity contribution in [2.45, 2.75) is 18.9 Å². The first-order chi connectivity index (χ1) is 13.3. The molecule has 4 rings (SSSR count). The first kappa shape index (κ1) is 18.8. The molecule has 1 aliphatic heterocycles. The molecule has 3 aromatic rings. The number of nitrogens with one attached hydrogen (secondary N) is 1. The van der Waals surface area contributed by atoms with Gasteiger partial charge >= 0.3 is 5.63 Å². The maximum atomic E-state index is 12.5. The minimum atomic E-state index is -3.45. The number of para-hydroxylation sites is 1. The second-order valence-electron chi connectivity index (χ2n) is 6.54. The van der Waals surface area contributed by atoms with Crippen molar-refractivity contribution in [3.05, 3.63) is 46.1 Å². The molecule has 1 N–H and O–H groups in total. The molecule has 0 radical (unpaired) electrons. The van der Waals surface area contributed by atoms with Crippen LogP contribution < -0.4 is 10.9 Å². The normalized spacial score (nSPS) is 17.8. The molecule has 28 heavy (non-hydrogen) atoms. The molecular formula is C18H17N3O5S2. The molecule has 3 heterocycles. The highest BCUT2D eigenvalue weighted by Crippen LogP contribution is 2.27. The lowest BCUT2D eigenvalue weighted by molar-refractivity contribution is -0.119. The monoisotopic (exact) mass is 419 g/mol. The van der Waals surface area contributed by atoms with E-state index in [2.05, 4.69) is 10.3 Å². The van der Waals surface area contributed by atoms with E-state index in [0.717, 1.165) is 23.0 Å². The lowest BCUT2D eigenvalue weighted by atomic mass is 10.1. The fourth-order valence-corrected chi connectivity index (χ4v) is 5.12. The summed E-state index contributed by atoms with van der Waals surface area (Å²) in [5, 5.41) is 5.38. The van der Waals surface area contributed by atoms with Crippen LogP contribution in [-0.4, -0.2) is 42.5 Å². The number of sulfonamides is 1. The molecule has 0 spiro atoms. The number of hydrogen-bond donors (Lipinski definition) is 1. The van der Waals surface area contributed by atoms with Crippen molar-refractivity contribution < 1.29 is 17.6 Å². The molecule has 0 aliphatic carbocycles. The summed E-state index contributed by atoms with van der Waals surface area (Å²) < 4.78 is 30.2. The Hall–Kier alpha value is -2.56. The van der Waals surface area contributed by atoms with E-state index >= 15 is 0 Å². The number of fused-ring (bicyclic) bond motifs is 1. The summed E-state index contributed by atoms with van der Waals surface area (Å²) in [6.45, 7) is 0.332. The predicted molar refractivity (Wildman–Crippen MR) is 107 cm³/mol. The maximum Gasteiger partial charge on any atom is 0.345 e. The third kappa shape index (κ3) is 3.58. The number of rotatable bonds is 4. The number of carbonyl (C=O) groups excluding carboxylic acids is 1. The first-order valence-electron chi connectivity index (χ1n) is 8.59. The van der Waals surface area contributed by atoms with Crippen molar-refractivity contribution in [3.63, 3.8) is 0 Å². The highest BCUT2D eigenvalue weighted by molar-refractivity contribution is 7.88. The lowest BCUT2D eigenvalue weighted by Gasteiger charge is -2.20. The first-order valence-corrected chi connectivity index (χ1v) is 11.3. The van der Waals surface area contributed by atoms with Gasteiger partial charge < -0.3 is 9.73 Å². The minimum Gasteiger partial charge on any atom is -0.422 e. The molecule has 1 unspecified atom stereocenters. The smallest absolute Gasteiger partial charge is 0.345 e. The summed E-state index contributed by atoms with van der Waals surface area (Å²) in [6, 6.07) is 8.12. The summed E-state index contributed by atoms with van der Waals surface area (Å²) in [7, 11) is -3.45. The van der Waals surface area contributed by atoms with Gasteiger partial charge in [-0.05, 0) is 25.0 Å². The molecule has 10 heteroatoms. The third-order valence-electron chi connectivity index (χ3n) is 4.58. The number of amides is 1. The van der Waals surface area contributed by atoms with Gasteiger partial charge in [0.05, 0.1) is 17.5 Å². The Morgan fingerprint density at radius 3 is 2.93 bits per heavy atom. The van der Waals surface area contributed by atoms with Crippen molar-refractivity contribution >= 4 is 43.4 Å². The van der Waals surface area contributed by atoms with Crippen LogP contribution in [0, 0.1) is 0 Å². The van der Waals surface area contributed by atoms with Crippen LogP contribution in [0.5, 0.6) is 0 Å². The van der Waals surface area contributed by atoms with E-state index in [1.807, 2.05) is 12.1 Å². The number of nitrogens with zero attached hydrogens (tertiary/aromatic N) is 2. The van der Waals surface area contributed by atoms with Crippen LogP contribution in [0.15, 0.2) is 44.9 Å². The van der Waals surface area contributed by atoms with E-state index < -0.39 is 27.6 Å². The molecule has 1 amide bonds. The van der Waals surface area contributed by atoms with Gasteiger partial charge in [0.15, 0.2) is 5.13 Å². The molecule has 8 nitrogen and oxygen atoms in total. The zero-order valence-electron chi connectivity index (χ0n) is 14.9. The van der Waals surface area contributed by atoms with Gasteiger partial charge in [-0.1, -0.05) is 18.2 Å². The Bertz CT molecular complexity index is 1220. The molecule has 1 fully saturated rings. The van der Waals surface area contributed by atoms with Crippen LogP contribution in [0.2, 0.25) is 0 Å². The Balaban J connectivity index is 1.58. The zero-order chi connectivity index (χ0) is 19.9. The Kier molecular flexibility index (Phi) is 4.77. The van der Waals surface area contributed by atoms with E-state index in [-0.39, 0.29) is 0 Å². The Morgan fingerprint density at radius 2 is 2.14 bits per heavy atom. The van der Waals surface area contributed by atoms with Crippen molar-refractivity contribution in [2.24, 2.45) is 0 Å². The highest BCUT2D eigenvalue weighted by Gasteiger charge is 2.36. The molecule has 2 aromatic heterocycles. The van der Waals surface area contributed by atoms with E-state index in [1.54, 1.807) is 23.6 Å². The minimum absolute atomic E-state index is 0.299. The summed E-state index contributed by atoms with van der Waals surface area (Å²) in [4.78, 5) is 29.1. The quantitative estimate of drug-likeness (QED) is 0.650. The summed E-state index contributed by atoms with van der Waals surface area (Å²) in [5.74, 6) is -0.422. The highest BCUT2D eigenvalue weighted by atomic mass is 32.2. The van der Waals surface area contributed by atoms with Crippen LogP contribution in [0.4, 0.5) is 5.13 Å². The maximum absolute atomic E-state index is 12.5. The largest absolute Gasteiger partial charge is 0.422 e. The van der Waals surface area contributed by atoms with Gasteiger partial charge in [0.25, 0.3) is 0 Å². The van der Waals surface area contributed by atoms with Crippen molar-refractivity contribution in [3.8, 4) is 11.3 Å². The molecule has 146 valence electrons. The van der Waals surface area contributed by atoms with E-state index in [1.165, 1.54) is 4.31 Å². The molecule has 1 aliphatic rings. The van der Waals surface area contributed by atoms with Gasteiger partial charge in [-0.2, -0.15) is 4.31 Å². The SMILES string of the molecule is CS(=O)(=O)N1CCCC1C(=O)Nc1nc(-c2cc3ccccc3oc2=O)cs1. The third-order valence-corrected chi connectivity index (χ3v) is 6.63. The van der Waals surface area contributed by atoms with Gasteiger partial charge in [-0.25, -0.2) is 18.2 Å². The molecule has 0 bridgehead atoms. The van der Waals surface area contributed by atoms with Gasteiger partial charge in [0.1, 0.15) is 11.6 Å². The summed E-state index contributed by atoms with van der Waals surface area (Å²) in [5.41, 5.74) is 0.670. The molecule has 1 saturated heterocycles. The fraction of sp³-hybridized carbons (Fsp3) is 0.278. The predicted octanol–water partition coefficient (Wildman–Crippen LogP) is 2.28. The van der Waals surface area contributed by atoms with Gasteiger partial charge in [-0.15, -0.1) is 11.3 Å². The van der Waals surface area contributed by atoms with Crippen LogP contribution in [0.25, 0.3) is 22.2 Å². The van der Waals surface area contributed by atoms with E-state index in [4.69, 9.17) is 4.42 Å². The summed E-state index contributed by atoms with van der Waals surface area (Å²) >= 11 is 1.16. The van der Waals surface area contributed by atoms with Gasteiger partial charge in [0, 0.05) is 17.3 Å². The second-order valence-corrected chi connectivity index (χ2v) is 9.34. The number of carbonyl (C=O) groups is 1. The standard InChI is InChI=1S/C18H17N3O5S2/c1-28(24,25)21-8-4-6-14(21)16(22)20-18-19-13(10-27-18)12-9-11-5-2-3-7-15(11)26-17(12)23/h2-3,5,7,9-10,14H,4,6,8H2,1H3,(H,19,20,22). The van der Waals surface area contributed by atoms with E-state index in [9.17, 15) is 18.0 Å². The molecular weight excluding hydrogens is 402 g/mol. The Morgan fingerprint density at radius 1 is 1.36 bits per heavy atom. The second kappa shape index (κ2) is 7.12. The van der Waals surface area contributed by atoms with E-state index in [0.29, 0.717) is 41.4 Å². The number of thiazole rings is 1. The van der Waals surface area contributed by atoms with Crippen LogP contribution in [0.3, 0.4) is 0 Å². The number of anilines is 1. The van der Waals surface area contributed by atoms with Gasteiger partial charge in [0.2, 0.25) is 15.9 Å². The Labute approximate surface area is 164 Å². The number of aromatic nitrogens is 1. The zero-order valence-corrected chi connectivity index (χ0v) is 16.5. The average molecular weight is 419 g/mol. The lowest BCUT2D eigenvalue weighted by Crippen LogP contribution is -2.42.